The van der Waals surface area contributed by atoms with Crippen molar-refractivity contribution in [3.05, 3.63) is 29.8 Å². The molecule has 0 saturated carbocycles. The van der Waals surface area contributed by atoms with Gasteiger partial charge in [-0.2, -0.15) is 8.42 Å². The molecule has 1 unspecified atom stereocenters. The molecule has 1 aromatic carbocycles. The van der Waals surface area contributed by atoms with Gasteiger partial charge in [-0.3, -0.25) is 4.55 Å². The number of rotatable bonds is 18. The van der Waals surface area contributed by atoms with Crippen LogP contribution in [-0.4, -0.2) is 109 Å². The molecule has 32 heavy (non-hydrogen) atoms. The molecule has 3 N–H and O–H groups in total. The zero-order valence-corrected chi connectivity index (χ0v) is 19.5. The normalized spacial score (nSPS) is 12.3. The van der Waals surface area contributed by atoms with E-state index in [1.54, 1.807) is 12.1 Å². The highest BCUT2D eigenvalue weighted by atomic mass is 32.2. The maximum absolute atomic E-state index is 10.5. The summed E-state index contributed by atoms with van der Waals surface area (Å²) in [6.45, 7) is 6.12. The highest BCUT2D eigenvalue weighted by Gasteiger charge is 2.06. The van der Waals surface area contributed by atoms with Gasteiger partial charge in [-0.25, -0.2) is 0 Å². The smallest absolute Gasteiger partial charge is 0.294 e. The summed E-state index contributed by atoms with van der Waals surface area (Å²) >= 11 is 0. The van der Waals surface area contributed by atoms with E-state index in [4.69, 9.17) is 38.5 Å². The lowest BCUT2D eigenvalue weighted by Gasteiger charge is -2.09. The average molecular weight is 485 g/mol. The topological polar surface area (TPSA) is 150 Å². The van der Waals surface area contributed by atoms with Gasteiger partial charge in [0.25, 0.3) is 10.1 Å². The molecule has 0 spiro atoms. The van der Waals surface area contributed by atoms with Crippen molar-refractivity contribution >= 4 is 10.1 Å². The van der Waals surface area contributed by atoms with E-state index >= 15 is 0 Å². The summed E-state index contributed by atoms with van der Waals surface area (Å²) in [5, 5.41) is 17.5. The van der Waals surface area contributed by atoms with Crippen LogP contribution in [-0.2, 0) is 38.5 Å². The van der Waals surface area contributed by atoms with Gasteiger partial charge in [0.05, 0.1) is 77.6 Å². The van der Waals surface area contributed by atoms with Gasteiger partial charge in [-0.05, 0) is 19.1 Å². The largest absolute Gasteiger partial charge is 0.394 e. The number of ether oxygens (including phenoxy) is 6. The van der Waals surface area contributed by atoms with Gasteiger partial charge in [0.15, 0.2) is 6.29 Å². The van der Waals surface area contributed by atoms with Gasteiger partial charge in [-0.15, -0.1) is 0 Å². The molecule has 0 aliphatic carbocycles. The highest BCUT2D eigenvalue weighted by Crippen LogP contribution is 2.08. The molecule has 1 rings (SSSR count). The van der Waals surface area contributed by atoms with Crippen LogP contribution in [0.3, 0.4) is 0 Å². The SMILES string of the molecule is COC(O)COCCOCCOCCOCCOCCO.Cc1ccc(S(=O)(=O)O)cc1. The van der Waals surface area contributed by atoms with Crippen molar-refractivity contribution in [2.24, 2.45) is 0 Å². The second-order valence-electron chi connectivity index (χ2n) is 6.23. The third kappa shape index (κ3) is 19.5. The van der Waals surface area contributed by atoms with Gasteiger partial charge in [0, 0.05) is 7.11 Å². The Kier molecular flexibility index (Phi) is 19.7. The van der Waals surface area contributed by atoms with E-state index in [1.165, 1.54) is 19.2 Å². The third-order valence-corrected chi connectivity index (χ3v) is 4.44. The fourth-order valence-corrected chi connectivity index (χ4v) is 2.39. The summed E-state index contributed by atoms with van der Waals surface area (Å²) in [6, 6.07) is 5.99. The lowest BCUT2D eigenvalue weighted by molar-refractivity contribution is -0.123. The van der Waals surface area contributed by atoms with Crippen LogP contribution in [0.2, 0.25) is 0 Å². The average Bonchev–Trinajstić information content (AvgIpc) is 2.76. The van der Waals surface area contributed by atoms with Crippen LogP contribution >= 0.6 is 0 Å². The second kappa shape index (κ2) is 20.4. The summed E-state index contributed by atoms with van der Waals surface area (Å²) in [7, 11) is -2.61. The first-order chi connectivity index (χ1) is 15.3. The Morgan fingerprint density at radius 2 is 1.19 bits per heavy atom. The molecule has 0 radical (unpaired) electrons. The highest BCUT2D eigenvalue weighted by molar-refractivity contribution is 7.85. The van der Waals surface area contributed by atoms with Gasteiger partial charge < -0.3 is 38.6 Å². The number of aliphatic hydroxyl groups is 2. The fraction of sp³-hybridized carbons (Fsp3) is 0.700. The van der Waals surface area contributed by atoms with Crippen LogP contribution in [0, 0.1) is 6.92 Å². The number of benzene rings is 1. The van der Waals surface area contributed by atoms with Crippen LogP contribution in [0.25, 0.3) is 0 Å². The monoisotopic (exact) mass is 484 g/mol. The summed E-state index contributed by atoms with van der Waals surface area (Å²) < 4.78 is 60.1. The van der Waals surface area contributed by atoms with Gasteiger partial charge >= 0.3 is 0 Å². The Bertz CT molecular complexity index is 637. The zero-order valence-electron chi connectivity index (χ0n) is 18.7. The van der Waals surface area contributed by atoms with E-state index in [0.717, 1.165) is 5.56 Å². The molecule has 0 aliphatic heterocycles. The van der Waals surface area contributed by atoms with Crippen molar-refractivity contribution < 1.29 is 51.6 Å². The summed E-state index contributed by atoms with van der Waals surface area (Å²) in [6.07, 6.45) is -0.887. The van der Waals surface area contributed by atoms with Crippen molar-refractivity contribution in [2.45, 2.75) is 18.1 Å². The molecule has 0 aliphatic rings. The Labute approximate surface area is 189 Å². The Morgan fingerprint density at radius 1 is 0.781 bits per heavy atom. The van der Waals surface area contributed by atoms with E-state index < -0.39 is 16.4 Å². The first-order valence-electron chi connectivity index (χ1n) is 10.1. The Morgan fingerprint density at radius 3 is 1.56 bits per heavy atom. The molecule has 0 saturated heterocycles. The number of hydrogen-bond acceptors (Lipinski definition) is 10. The molecule has 1 atom stereocenters. The Balaban J connectivity index is 0.000000726. The minimum absolute atomic E-state index is 0.0289. The summed E-state index contributed by atoms with van der Waals surface area (Å²) in [5.74, 6) is 0. The van der Waals surface area contributed by atoms with E-state index in [2.05, 4.69) is 4.74 Å². The van der Waals surface area contributed by atoms with Crippen LogP contribution in [0.15, 0.2) is 29.2 Å². The first kappa shape index (κ1) is 30.8. The lowest BCUT2D eigenvalue weighted by Crippen LogP contribution is -2.19. The number of aryl methyl sites for hydroxylation is 1. The van der Waals surface area contributed by atoms with Crippen molar-refractivity contribution in [1.82, 2.24) is 0 Å². The number of methoxy groups -OCH3 is 1. The standard InChI is InChI=1S/C13H28O8.C7H8O3S/c1-16-13(15)12-21-11-10-20-9-8-19-7-6-18-5-4-17-3-2-14;1-6-2-4-7(5-3-6)11(8,9)10/h13-15H,2-12H2,1H3;2-5H,1H3,(H,8,9,10). The second-order valence-corrected chi connectivity index (χ2v) is 7.65. The van der Waals surface area contributed by atoms with Crippen molar-refractivity contribution in [3.8, 4) is 0 Å². The molecule has 188 valence electrons. The molecule has 0 fully saturated rings. The van der Waals surface area contributed by atoms with E-state index in [0.29, 0.717) is 59.5 Å². The molecule has 11 nitrogen and oxygen atoms in total. The fourth-order valence-electron chi connectivity index (χ4n) is 1.91. The predicted octanol–water partition coefficient (Wildman–Crippen LogP) is 0.268. The van der Waals surface area contributed by atoms with Crippen LogP contribution in [0.1, 0.15) is 5.56 Å². The molecule has 0 amide bonds. The van der Waals surface area contributed by atoms with Crippen molar-refractivity contribution in [2.75, 3.05) is 79.8 Å². The molecule has 0 aromatic heterocycles. The minimum Gasteiger partial charge on any atom is -0.394 e. The molecule has 1 aromatic rings. The molecule has 0 heterocycles. The van der Waals surface area contributed by atoms with Crippen LogP contribution < -0.4 is 0 Å². The molecular formula is C20H36O11S. The predicted molar refractivity (Wildman–Crippen MR) is 115 cm³/mol. The van der Waals surface area contributed by atoms with Gasteiger partial charge in [0.1, 0.15) is 0 Å². The number of aliphatic hydroxyl groups excluding tert-OH is 2. The van der Waals surface area contributed by atoms with Gasteiger partial charge in [0.2, 0.25) is 0 Å². The van der Waals surface area contributed by atoms with E-state index in [1.807, 2.05) is 6.92 Å². The lowest BCUT2D eigenvalue weighted by atomic mass is 10.2. The van der Waals surface area contributed by atoms with Crippen LogP contribution in [0.4, 0.5) is 0 Å². The van der Waals surface area contributed by atoms with Crippen LogP contribution in [0.5, 0.6) is 0 Å². The van der Waals surface area contributed by atoms with E-state index in [-0.39, 0.29) is 18.1 Å². The maximum atomic E-state index is 10.5. The Hall–Kier alpha value is -1.19. The molecular weight excluding hydrogens is 448 g/mol. The van der Waals surface area contributed by atoms with Crippen molar-refractivity contribution in [1.29, 1.82) is 0 Å². The third-order valence-electron chi connectivity index (χ3n) is 3.58. The molecule has 12 heteroatoms. The van der Waals surface area contributed by atoms with E-state index in [9.17, 15) is 8.42 Å². The zero-order chi connectivity index (χ0) is 24.1. The van der Waals surface area contributed by atoms with Crippen molar-refractivity contribution in [3.63, 3.8) is 0 Å². The number of hydrogen-bond donors (Lipinski definition) is 3. The molecule has 0 bridgehead atoms. The van der Waals surface area contributed by atoms with Gasteiger partial charge in [-0.1, -0.05) is 17.7 Å². The maximum Gasteiger partial charge on any atom is 0.294 e. The summed E-state index contributed by atoms with van der Waals surface area (Å²) in [4.78, 5) is -0.0666. The quantitative estimate of drug-likeness (QED) is 0.150. The first-order valence-corrected chi connectivity index (χ1v) is 11.5. The summed E-state index contributed by atoms with van der Waals surface area (Å²) in [5.41, 5.74) is 0.956. The minimum atomic E-state index is -4.02.